The lowest BCUT2D eigenvalue weighted by atomic mass is 10.0. The first kappa shape index (κ1) is 21.0. The predicted molar refractivity (Wildman–Crippen MR) is 107 cm³/mol. The summed E-state index contributed by atoms with van der Waals surface area (Å²) in [7, 11) is 0. The third-order valence-corrected chi connectivity index (χ3v) is 4.54. The van der Waals surface area contributed by atoms with Gasteiger partial charge in [-0.1, -0.05) is 12.1 Å². The molecule has 0 fully saturated rings. The zero-order valence-corrected chi connectivity index (χ0v) is 16.2. The van der Waals surface area contributed by atoms with Gasteiger partial charge in [0.2, 0.25) is 5.91 Å². The number of aryl methyl sites for hydroxylation is 1. The Morgan fingerprint density at radius 1 is 1.13 bits per heavy atom. The number of carbonyl (C=O) groups is 2. The molecule has 0 spiro atoms. The lowest BCUT2D eigenvalue weighted by Crippen LogP contribution is -2.48. The number of anilines is 1. The Morgan fingerprint density at radius 2 is 1.90 bits per heavy atom. The lowest BCUT2D eigenvalue weighted by molar-refractivity contribution is -0.123. The Balaban J connectivity index is 1.75. The Kier molecular flexibility index (Phi) is 6.41. The number of aromatic nitrogens is 2. The molecular formula is C21H21F2N5O2. The van der Waals surface area contributed by atoms with E-state index in [1.54, 1.807) is 31.3 Å². The van der Waals surface area contributed by atoms with Crippen LogP contribution in [0.1, 0.15) is 27.2 Å². The maximum Gasteiger partial charge on any atom is 0.268 e. The third-order valence-electron chi connectivity index (χ3n) is 4.54. The fourth-order valence-electron chi connectivity index (χ4n) is 2.89. The van der Waals surface area contributed by atoms with Crippen molar-refractivity contribution in [3.63, 3.8) is 0 Å². The molecule has 156 valence electrons. The summed E-state index contributed by atoms with van der Waals surface area (Å²) in [5, 5.41) is 5.37. The topological polar surface area (TPSA) is 113 Å². The second-order valence-corrected chi connectivity index (χ2v) is 6.82. The molecule has 30 heavy (non-hydrogen) atoms. The number of nitrogens with one attached hydrogen (secondary N) is 3. The summed E-state index contributed by atoms with van der Waals surface area (Å²) in [6.45, 7) is 1.92. The van der Waals surface area contributed by atoms with Crippen LogP contribution in [0.5, 0.6) is 0 Å². The Labute approximate surface area is 171 Å². The van der Waals surface area contributed by atoms with Gasteiger partial charge in [-0.05, 0) is 47.9 Å². The zero-order chi connectivity index (χ0) is 21.7. The van der Waals surface area contributed by atoms with Gasteiger partial charge in [-0.25, -0.2) is 13.8 Å². The number of benzene rings is 1. The van der Waals surface area contributed by atoms with Gasteiger partial charge in [0.25, 0.3) is 5.91 Å². The molecule has 0 aliphatic rings. The number of aromatic amines is 1. The fraction of sp³-hybridized carbons (Fsp3) is 0.190. The van der Waals surface area contributed by atoms with Crippen LogP contribution in [0.3, 0.4) is 0 Å². The van der Waals surface area contributed by atoms with E-state index in [4.69, 9.17) is 5.73 Å². The molecule has 3 aromatic rings. The van der Waals surface area contributed by atoms with E-state index >= 15 is 0 Å². The highest BCUT2D eigenvalue weighted by Crippen LogP contribution is 2.12. The number of hydrogen-bond acceptors (Lipinski definition) is 4. The average Bonchev–Trinajstić information content (AvgIpc) is 3.15. The summed E-state index contributed by atoms with van der Waals surface area (Å²) in [6.07, 6.45) is 3.12. The molecule has 0 radical (unpaired) electrons. The van der Waals surface area contributed by atoms with Crippen molar-refractivity contribution in [2.75, 3.05) is 5.73 Å². The van der Waals surface area contributed by atoms with Crippen LogP contribution in [0.15, 0.2) is 48.8 Å². The van der Waals surface area contributed by atoms with Crippen molar-refractivity contribution >= 4 is 17.6 Å². The average molecular weight is 413 g/mol. The minimum atomic E-state index is -1.02. The molecule has 0 aliphatic heterocycles. The normalized spacial score (nSPS) is 11.7. The third kappa shape index (κ3) is 5.19. The largest absolute Gasteiger partial charge is 0.384 e. The van der Waals surface area contributed by atoms with Crippen LogP contribution in [0.2, 0.25) is 0 Å². The Morgan fingerprint density at radius 3 is 2.53 bits per heavy atom. The van der Waals surface area contributed by atoms with E-state index in [0.29, 0.717) is 22.6 Å². The molecule has 0 saturated heterocycles. The summed E-state index contributed by atoms with van der Waals surface area (Å²) < 4.78 is 26.8. The molecule has 0 aliphatic carbocycles. The fourth-order valence-corrected chi connectivity index (χ4v) is 2.89. The highest BCUT2D eigenvalue weighted by Gasteiger charge is 2.23. The van der Waals surface area contributed by atoms with E-state index in [0.717, 1.165) is 17.7 Å². The van der Waals surface area contributed by atoms with Gasteiger partial charge in [-0.15, -0.1) is 0 Å². The van der Waals surface area contributed by atoms with E-state index in [1.807, 2.05) is 0 Å². The second-order valence-electron chi connectivity index (χ2n) is 6.82. The summed E-state index contributed by atoms with van der Waals surface area (Å²) in [4.78, 5) is 32.1. The van der Waals surface area contributed by atoms with Crippen LogP contribution in [-0.4, -0.2) is 27.8 Å². The van der Waals surface area contributed by atoms with Crippen molar-refractivity contribution in [2.24, 2.45) is 0 Å². The molecule has 5 N–H and O–H groups in total. The number of pyridine rings is 1. The molecular weight excluding hydrogens is 392 g/mol. The monoisotopic (exact) mass is 413 g/mol. The summed E-state index contributed by atoms with van der Waals surface area (Å²) in [5.41, 5.74) is 7.67. The first-order valence-electron chi connectivity index (χ1n) is 9.20. The van der Waals surface area contributed by atoms with E-state index in [9.17, 15) is 18.4 Å². The first-order valence-corrected chi connectivity index (χ1v) is 9.20. The molecule has 2 heterocycles. The number of nitrogens with two attached hydrogens (primary N) is 1. The number of rotatable bonds is 7. The number of nitrogen functional groups attached to an aromatic ring is 1. The van der Waals surface area contributed by atoms with Crippen LogP contribution in [0.25, 0.3) is 0 Å². The highest BCUT2D eigenvalue weighted by atomic mass is 19.2. The molecule has 9 heteroatoms. The van der Waals surface area contributed by atoms with Gasteiger partial charge in [0.15, 0.2) is 11.6 Å². The number of nitrogens with zero attached hydrogens (tertiary/aromatic N) is 1. The SMILES string of the molecule is Cc1cc[nH]c1C(=O)N[C@@H](Cc1ccc(F)c(F)c1)C(=O)NCc1ccc(N)nc1. The zero-order valence-electron chi connectivity index (χ0n) is 16.2. The number of hydrogen-bond donors (Lipinski definition) is 4. The Bertz CT molecular complexity index is 1050. The quantitative estimate of drug-likeness (QED) is 0.476. The first-order chi connectivity index (χ1) is 14.3. The standard InChI is InChI=1S/C21H21F2N5O2/c1-12-6-7-25-19(12)21(30)28-17(9-13-2-4-15(22)16(23)8-13)20(29)27-11-14-3-5-18(24)26-10-14/h2-8,10,17,25H,9,11H2,1H3,(H2,24,26)(H,27,29)(H,28,30)/t17-/m0/s1. The van der Waals surface area contributed by atoms with Crippen LogP contribution in [0, 0.1) is 18.6 Å². The van der Waals surface area contributed by atoms with E-state index in [-0.39, 0.29) is 13.0 Å². The van der Waals surface area contributed by atoms with Crippen LogP contribution < -0.4 is 16.4 Å². The van der Waals surface area contributed by atoms with E-state index in [1.165, 1.54) is 12.3 Å². The van der Waals surface area contributed by atoms with Gasteiger partial charge in [0.05, 0.1) is 0 Å². The maximum absolute atomic E-state index is 13.6. The molecule has 0 saturated carbocycles. The number of amides is 2. The summed E-state index contributed by atoms with van der Waals surface area (Å²) in [6, 6.07) is 7.40. The molecule has 0 unspecified atom stereocenters. The second kappa shape index (κ2) is 9.17. The molecule has 1 aromatic carbocycles. The maximum atomic E-state index is 13.6. The van der Waals surface area contributed by atoms with Gasteiger partial charge in [0.1, 0.15) is 17.6 Å². The van der Waals surface area contributed by atoms with E-state index in [2.05, 4.69) is 20.6 Å². The van der Waals surface area contributed by atoms with Gasteiger partial charge >= 0.3 is 0 Å². The van der Waals surface area contributed by atoms with Crippen molar-refractivity contribution in [1.29, 1.82) is 0 Å². The van der Waals surface area contributed by atoms with Crippen LogP contribution in [-0.2, 0) is 17.8 Å². The van der Waals surface area contributed by atoms with Gasteiger partial charge in [-0.3, -0.25) is 9.59 Å². The van der Waals surface area contributed by atoms with Crippen LogP contribution in [0.4, 0.5) is 14.6 Å². The van der Waals surface area contributed by atoms with Crippen molar-refractivity contribution < 1.29 is 18.4 Å². The molecule has 1 atom stereocenters. The summed E-state index contributed by atoms with van der Waals surface area (Å²) >= 11 is 0. The Hall–Kier alpha value is -3.75. The minimum Gasteiger partial charge on any atom is -0.384 e. The molecule has 2 aromatic heterocycles. The minimum absolute atomic E-state index is 0.0193. The molecule has 3 rings (SSSR count). The van der Waals surface area contributed by atoms with Crippen molar-refractivity contribution in [1.82, 2.24) is 20.6 Å². The van der Waals surface area contributed by atoms with Crippen molar-refractivity contribution in [3.05, 3.63) is 82.8 Å². The van der Waals surface area contributed by atoms with Gasteiger partial charge in [0, 0.05) is 25.4 Å². The highest BCUT2D eigenvalue weighted by molar-refractivity contribution is 5.97. The van der Waals surface area contributed by atoms with Crippen molar-refractivity contribution in [3.8, 4) is 0 Å². The molecule has 2 amide bonds. The van der Waals surface area contributed by atoms with Gasteiger partial charge in [-0.2, -0.15) is 0 Å². The van der Waals surface area contributed by atoms with Gasteiger partial charge < -0.3 is 21.4 Å². The predicted octanol–water partition coefficient (Wildman–Crippen LogP) is 2.24. The van der Waals surface area contributed by atoms with Crippen molar-refractivity contribution in [2.45, 2.75) is 25.9 Å². The van der Waals surface area contributed by atoms with E-state index < -0.39 is 29.5 Å². The van der Waals surface area contributed by atoms with Crippen LogP contribution >= 0.6 is 0 Å². The molecule has 7 nitrogen and oxygen atoms in total. The number of carbonyl (C=O) groups excluding carboxylic acids is 2. The smallest absolute Gasteiger partial charge is 0.268 e. The summed E-state index contributed by atoms with van der Waals surface area (Å²) in [5.74, 6) is -2.61. The number of halogens is 2. The number of H-pyrrole nitrogens is 1. The lowest BCUT2D eigenvalue weighted by Gasteiger charge is -2.19. The molecule has 0 bridgehead atoms.